The van der Waals surface area contributed by atoms with Crippen molar-refractivity contribution in [2.75, 3.05) is 11.4 Å². The largest absolute Gasteiger partial charge is 0.409 e. The van der Waals surface area contributed by atoms with Gasteiger partial charge in [0.1, 0.15) is 12.0 Å². The van der Waals surface area contributed by atoms with Crippen molar-refractivity contribution < 1.29 is 10.1 Å². The number of nitrogens with zero attached hydrogens (tertiary/aromatic N) is 4. The molecule has 0 radical (unpaired) electrons. The first-order valence-electron chi connectivity index (χ1n) is 6.47. The topological polar surface area (TPSA) is 118 Å². The first-order valence-corrected chi connectivity index (χ1v) is 6.47. The van der Waals surface area contributed by atoms with Gasteiger partial charge in [-0.1, -0.05) is 12.1 Å². The first kappa shape index (κ1) is 14.0. The number of hydrogen-bond acceptors (Lipinski definition) is 6. The van der Waals surface area contributed by atoms with Crippen molar-refractivity contribution in [1.29, 1.82) is 0 Å². The lowest BCUT2D eigenvalue weighted by Gasteiger charge is -2.24. The van der Waals surface area contributed by atoms with Gasteiger partial charge in [0.2, 0.25) is 0 Å². The van der Waals surface area contributed by atoms with E-state index in [2.05, 4.69) is 15.0 Å². The molecule has 0 unspecified atom stereocenters. The van der Waals surface area contributed by atoms with Crippen LogP contribution in [0.5, 0.6) is 0 Å². The Bertz CT molecular complexity index is 542. The Kier molecular flexibility index (Phi) is 4.02. The van der Waals surface area contributed by atoms with Gasteiger partial charge in [-0.25, -0.2) is 4.98 Å². The van der Waals surface area contributed by atoms with E-state index in [1.807, 2.05) is 6.92 Å². The first-order chi connectivity index (χ1) is 9.58. The number of hydrogen-bond donors (Lipinski definition) is 2. The van der Waals surface area contributed by atoms with Gasteiger partial charge in [-0.05, 0) is 19.3 Å². The molecule has 0 amide bonds. The van der Waals surface area contributed by atoms with E-state index < -0.39 is 4.92 Å². The Morgan fingerprint density at radius 1 is 1.70 bits per heavy atom. The molecule has 1 aliphatic carbocycles. The molecule has 8 nitrogen and oxygen atoms in total. The molecule has 1 aromatic rings. The molecule has 0 aliphatic heterocycles. The maximum atomic E-state index is 10.8. The van der Waals surface area contributed by atoms with Crippen LogP contribution in [0.15, 0.2) is 17.4 Å². The van der Waals surface area contributed by atoms with Gasteiger partial charge in [-0.2, -0.15) is 0 Å². The summed E-state index contributed by atoms with van der Waals surface area (Å²) in [6.45, 7) is 2.82. The van der Waals surface area contributed by atoms with Crippen LogP contribution in [-0.2, 0) is 0 Å². The summed E-state index contributed by atoms with van der Waals surface area (Å²) in [6, 6.07) is 1.68. The average molecular weight is 279 g/mol. The van der Waals surface area contributed by atoms with Crippen molar-refractivity contribution in [2.24, 2.45) is 10.9 Å². The quantitative estimate of drug-likeness (QED) is 0.267. The number of nitro groups is 1. The fraction of sp³-hybridized carbons (Fsp3) is 0.500. The molecule has 3 N–H and O–H groups in total. The molecule has 20 heavy (non-hydrogen) atoms. The van der Waals surface area contributed by atoms with E-state index >= 15 is 0 Å². The SMILES string of the molecule is CCCN(c1ncc([N+](=O)[O-])cc1C(N)=NO)C1CC1. The summed E-state index contributed by atoms with van der Waals surface area (Å²) < 4.78 is 0. The van der Waals surface area contributed by atoms with Gasteiger partial charge >= 0.3 is 0 Å². The van der Waals surface area contributed by atoms with E-state index in [1.54, 1.807) is 0 Å². The van der Waals surface area contributed by atoms with Crippen molar-refractivity contribution >= 4 is 17.3 Å². The molecule has 0 spiro atoms. The zero-order valence-electron chi connectivity index (χ0n) is 11.2. The van der Waals surface area contributed by atoms with Crippen LogP contribution in [0.1, 0.15) is 31.7 Å². The number of pyridine rings is 1. The van der Waals surface area contributed by atoms with Crippen LogP contribution < -0.4 is 10.6 Å². The fourth-order valence-electron chi connectivity index (χ4n) is 2.11. The predicted octanol–water partition coefficient (Wildman–Crippen LogP) is 1.46. The zero-order valence-corrected chi connectivity index (χ0v) is 11.2. The highest BCUT2D eigenvalue weighted by atomic mass is 16.6. The van der Waals surface area contributed by atoms with E-state index in [4.69, 9.17) is 10.9 Å². The third-order valence-corrected chi connectivity index (χ3v) is 3.17. The second kappa shape index (κ2) is 5.72. The summed E-state index contributed by atoms with van der Waals surface area (Å²) in [5.74, 6) is 0.369. The van der Waals surface area contributed by atoms with Gasteiger partial charge in [0.25, 0.3) is 5.69 Å². The lowest BCUT2D eigenvalue weighted by molar-refractivity contribution is -0.385. The number of amidine groups is 1. The second-order valence-corrected chi connectivity index (χ2v) is 4.73. The normalized spacial score (nSPS) is 15.2. The minimum atomic E-state index is -0.549. The lowest BCUT2D eigenvalue weighted by Crippen LogP contribution is -2.30. The van der Waals surface area contributed by atoms with E-state index in [1.165, 1.54) is 12.3 Å². The standard InChI is InChI=1S/C12H17N5O3/c1-2-5-16(8-3-4-8)12-10(11(13)15-18)6-9(7-14-12)17(19)20/h6-8,18H,2-5H2,1H3,(H2,13,15). The summed E-state index contributed by atoms with van der Waals surface area (Å²) in [4.78, 5) is 16.5. The Morgan fingerprint density at radius 2 is 2.40 bits per heavy atom. The summed E-state index contributed by atoms with van der Waals surface area (Å²) >= 11 is 0. The predicted molar refractivity (Wildman–Crippen MR) is 74.1 cm³/mol. The number of rotatable bonds is 6. The summed E-state index contributed by atoms with van der Waals surface area (Å²) in [5, 5.41) is 22.6. The van der Waals surface area contributed by atoms with Crippen LogP contribution >= 0.6 is 0 Å². The van der Waals surface area contributed by atoms with Crippen molar-refractivity contribution in [3.63, 3.8) is 0 Å². The van der Waals surface area contributed by atoms with E-state index in [0.717, 1.165) is 25.8 Å². The van der Waals surface area contributed by atoms with Crippen LogP contribution in [0.3, 0.4) is 0 Å². The van der Waals surface area contributed by atoms with Gasteiger partial charge < -0.3 is 15.8 Å². The second-order valence-electron chi connectivity index (χ2n) is 4.73. The molecular formula is C12H17N5O3. The number of aromatic nitrogens is 1. The average Bonchev–Trinajstić information content (AvgIpc) is 3.27. The molecule has 1 saturated carbocycles. The van der Waals surface area contributed by atoms with E-state index in [9.17, 15) is 10.1 Å². The summed E-state index contributed by atoms with van der Waals surface area (Å²) in [5.41, 5.74) is 5.74. The zero-order chi connectivity index (χ0) is 14.7. The van der Waals surface area contributed by atoms with E-state index in [0.29, 0.717) is 17.4 Å². The Morgan fingerprint density at radius 3 is 2.90 bits per heavy atom. The third kappa shape index (κ3) is 2.79. The molecule has 0 bridgehead atoms. The molecule has 0 aromatic carbocycles. The lowest BCUT2D eigenvalue weighted by atomic mass is 10.2. The van der Waals surface area contributed by atoms with Gasteiger partial charge in [-0.3, -0.25) is 10.1 Å². The molecule has 1 aliphatic rings. The van der Waals surface area contributed by atoms with Crippen LogP contribution in [0.25, 0.3) is 0 Å². The summed E-state index contributed by atoms with van der Waals surface area (Å²) in [7, 11) is 0. The number of nitrogens with two attached hydrogens (primary N) is 1. The number of anilines is 1. The molecule has 1 aromatic heterocycles. The molecule has 1 fully saturated rings. The highest BCUT2D eigenvalue weighted by Crippen LogP contribution is 2.33. The van der Waals surface area contributed by atoms with Crippen molar-refractivity contribution in [3.8, 4) is 0 Å². The maximum Gasteiger partial charge on any atom is 0.288 e. The molecule has 108 valence electrons. The highest BCUT2D eigenvalue weighted by Gasteiger charge is 2.32. The van der Waals surface area contributed by atoms with E-state index in [-0.39, 0.29) is 11.5 Å². The van der Waals surface area contributed by atoms with Crippen LogP contribution in [-0.4, -0.2) is 33.5 Å². The Balaban J connectivity index is 2.47. The minimum absolute atomic E-state index is 0.169. The minimum Gasteiger partial charge on any atom is -0.409 e. The third-order valence-electron chi connectivity index (χ3n) is 3.17. The van der Waals surface area contributed by atoms with Gasteiger partial charge in [0.15, 0.2) is 5.84 Å². The van der Waals surface area contributed by atoms with Gasteiger partial charge in [0.05, 0.1) is 10.5 Å². The van der Waals surface area contributed by atoms with Gasteiger partial charge in [-0.15, -0.1) is 0 Å². The van der Waals surface area contributed by atoms with Crippen LogP contribution in [0.2, 0.25) is 0 Å². The fourth-order valence-corrected chi connectivity index (χ4v) is 2.11. The van der Waals surface area contributed by atoms with Crippen molar-refractivity contribution in [1.82, 2.24) is 4.98 Å². The molecular weight excluding hydrogens is 262 g/mol. The van der Waals surface area contributed by atoms with Crippen LogP contribution in [0.4, 0.5) is 11.5 Å². The van der Waals surface area contributed by atoms with Crippen LogP contribution in [0, 0.1) is 10.1 Å². The highest BCUT2D eigenvalue weighted by molar-refractivity contribution is 6.02. The number of oxime groups is 1. The Hall–Kier alpha value is -2.38. The van der Waals surface area contributed by atoms with Crippen molar-refractivity contribution in [3.05, 3.63) is 27.9 Å². The molecule has 1 heterocycles. The molecule has 0 atom stereocenters. The monoisotopic (exact) mass is 279 g/mol. The smallest absolute Gasteiger partial charge is 0.288 e. The molecule has 2 rings (SSSR count). The maximum absolute atomic E-state index is 10.8. The molecule has 0 saturated heterocycles. The molecule has 8 heteroatoms. The van der Waals surface area contributed by atoms with Gasteiger partial charge in [0, 0.05) is 18.7 Å². The summed E-state index contributed by atoms with van der Waals surface area (Å²) in [6.07, 6.45) is 4.25. The Labute approximate surface area is 116 Å². The van der Waals surface area contributed by atoms with Crippen molar-refractivity contribution in [2.45, 2.75) is 32.2 Å².